The van der Waals surface area contributed by atoms with Crippen molar-refractivity contribution in [2.45, 2.75) is 38.1 Å². The van der Waals surface area contributed by atoms with E-state index in [-0.39, 0.29) is 21.4 Å². The first-order chi connectivity index (χ1) is 9.14. The molecule has 6 heteroatoms. The summed E-state index contributed by atoms with van der Waals surface area (Å²) in [6, 6.07) is 5.07. The van der Waals surface area contributed by atoms with Crippen LogP contribution in [0.2, 0.25) is 5.02 Å². The highest BCUT2D eigenvalue weighted by Crippen LogP contribution is 2.33. The van der Waals surface area contributed by atoms with Gasteiger partial charge in [0.15, 0.2) is 0 Å². The SMILES string of the molecule is Cc1ccc(Cl)c(S(=O)(=O)N2CCC(N)C(C)(C)C2)c1. The lowest BCUT2D eigenvalue weighted by atomic mass is 9.81. The van der Waals surface area contributed by atoms with Gasteiger partial charge in [0.25, 0.3) is 0 Å². The average molecular weight is 317 g/mol. The maximum Gasteiger partial charge on any atom is 0.244 e. The third-order valence-electron chi connectivity index (χ3n) is 3.98. The average Bonchev–Trinajstić information content (AvgIpc) is 2.35. The van der Waals surface area contributed by atoms with Gasteiger partial charge in [-0.05, 0) is 36.5 Å². The zero-order valence-corrected chi connectivity index (χ0v) is 13.6. The van der Waals surface area contributed by atoms with Crippen LogP contribution in [-0.2, 0) is 10.0 Å². The zero-order valence-electron chi connectivity index (χ0n) is 12.1. The molecule has 0 amide bonds. The lowest BCUT2D eigenvalue weighted by Crippen LogP contribution is -2.53. The maximum atomic E-state index is 12.8. The van der Waals surface area contributed by atoms with Gasteiger partial charge in [-0.25, -0.2) is 8.42 Å². The highest BCUT2D eigenvalue weighted by atomic mass is 35.5. The zero-order chi connectivity index (χ0) is 15.1. The normalized spacial score (nSPS) is 23.8. The van der Waals surface area contributed by atoms with Crippen molar-refractivity contribution >= 4 is 21.6 Å². The van der Waals surface area contributed by atoms with E-state index in [9.17, 15) is 8.42 Å². The molecule has 0 aromatic heterocycles. The summed E-state index contributed by atoms with van der Waals surface area (Å²) >= 11 is 6.07. The number of hydrogen-bond donors (Lipinski definition) is 1. The summed E-state index contributed by atoms with van der Waals surface area (Å²) in [7, 11) is -3.56. The molecular formula is C14H21ClN2O2S. The first kappa shape index (κ1) is 15.8. The maximum absolute atomic E-state index is 12.8. The fraction of sp³-hybridized carbons (Fsp3) is 0.571. The number of hydrogen-bond acceptors (Lipinski definition) is 3. The standard InChI is InChI=1S/C14H21ClN2O2S/c1-10-4-5-11(15)12(8-10)20(18,19)17-7-6-13(16)14(2,3)9-17/h4-5,8,13H,6-7,9,16H2,1-3H3. The van der Waals surface area contributed by atoms with Crippen LogP contribution in [0.5, 0.6) is 0 Å². The minimum absolute atomic E-state index is 0.0157. The van der Waals surface area contributed by atoms with E-state index in [4.69, 9.17) is 17.3 Å². The Morgan fingerprint density at radius 1 is 1.40 bits per heavy atom. The number of sulfonamides is 1. The fourth-order valence-corrected chi connectivity index (χ4v) is 4.66. The summed E-state index contributed by atoms with van der Waals surface area (Å²) in [4.78, 5) is 0.186. The number of nitrogens with zero attached hydrogens (tertiary/aromatic N) is 1. The van der Waals surface area contributed by atoms with Gasteiger partial charge in [-0.3, -0.25) is 0 Å². The van der Waals surface area contributed by atoms with Crippen LogP contribution in [0.4, 0.5) is 0 Å². The highest BCUT2D eigenvalue weighted by molar-refractivity contribution is 7.89. The highest BCUT2D eigenvalue weighted by Gasteiger charge is 2.39. The van der Waals surface area contributed by atoms with Crippen LogP contribution in [0.15, 0.2) is 23.1 Å². The molecule has 1 heterocycles. The van der Waals surface area contributed by atoms with E-state index < -0.39 is 10.0 Å². The van der Waals surface area contributed by atoms with E-state index in [1.54, 1.807) is 18.2 Å². The van der Waals surface area contributed by atoms with E-state index in [2.05, 4.69) is 0 Å². The van der Waals surface area contributed by atoms with Crippen molar-refractivity contribution < 1.29 is 8.42 Å². The summed E-state index contributed by atoms with van der Waals surface area (Å²) in [5.74, 6) is 0. The second-order valence-electron chi connectivity index (χ2n) is 6.16. The molecule has 0 spiro atoms. The number of halogens is 1. The Kier molecular flexibility index (Phi) is 4.17. The van der Waals surface area contributed by atoms with Gasteiger partial charge in [0.2, 0.25) is 10.0 Å². The van der Waals surface area contributed by atoms with Crippen LogP contribution in [0.1, 0.15) is 25.8 Å². The molecule has 1 saturated heterocycles. The molecule has 1 aliphatic heterocycles. The third-order valence-corrected chi connectivity index (χ3v) is 6.31. The third kappa shape index (κ3) is 2.86. The topological polar surface area (TPSA) is 63.4 Å². The van der Waals surface area contributed by atoms with Gasteiger partial charge < -0.3 is 5.73 Å². The van der Waals surface area contributed by atoms with Crippen molar-refractivity contribution in [2.24, 2.45) is 11.1 Å². The molecule has 0 radical (unpaired) electrons. The summed E-state index contributed by atoms with van der Waals surface area (Å²) in [6.45, 7) is 6.71. The van der Waals surface area contributed by atoms with Crippen LogP contribution in [-0.4, -0.2) is 31.9 Å². The van der Waals surface area contributed by atoms with Crippen LogP contribution in [0.3, 0.4) is 0 Å². The van der Waals surface area contributed by atoms with E-state index in [1.807, 2.05) is 20.8 Å². The monoisotopic (exact) mass is 316 g/mol. The van der Waals surface area contributed by atoms with Crippen molar-refractivity contribution in [3.63, 3.8) is 0 Å². The van der Waals surface area contributed by atoms with Gasteiger partial charge in [0.05, 0.1) is 5.02 Å². The van der Waals surface area contributed by atoms with Gasteiger partial charge in [-0.1, -0.05) is 31.5 Å². The van der Waals surface area contributed by atoms with Crippen LogP contribution in [0, 0.1) is 12.3 Å². The first-order valence-electron chi connectivity index (χ1n) is 6.66. The molecule has 1 unspecified atom stereocenters. The van der Waals surface area contributed by atoms with E-state index in [0.717, 1.165) is 5.56 Å². The number of nitrogens with two attached hydrogens (primary N) is 1. The number of piperidine rings is 1. The van der Waals surface area contributed by atoms with E-state index in [1.165, 1.54) is 4.31 Å². The number of rotatable bonds is 2. The van der Waals surface area contributed by atoms with Gasteiger partial charge in [-0.15, -0.1) is 0 Å². The van der Waals surface area contributed by atoms with Crippen molar-refractivity contribution in [1.82, 2.24) is 4.31 Å². The van der Waals surface area contributed by atoms with E-state index in [0.29, 0.717) is 19.5 Å². The van der Waals surface area contributed by atoms with Crippen molar-refractivity contribution in [3.05, 3.63) is 28.8 Å². The second kappa shape index (κ2) is 5.30. The Morgan fingerprint density at radius 3 is 2.65 bits per heavy atom. The Labute approximate surface area is 126 Å². The summed E-state index contributed by atoms with van der Waals surface area (Å²) in [5.41, 5.74) is 6.70. The van der Waals surface area contributed by atoms with Gasteiger partial charge in [0, 0.05) is 19.1 Å². The number of aryl methyl sites for hydroxylation is 1. The molecule has 1 aliphatic rings. The molecule has 1 aromatic rings. The Hall–Kier alpha value is -0.620. The molecule has 1 atom stereocenters. The summed E-state index contributed by atoms with van der Waals surface area (Å²) in [5, 5.41) is 0.267. The largest absolute Gasteiger partial charge is 0.327 e. The van der Waals surface area contributed by atoms with Crippen molar-refractivity contribution in [3.8, 4) is 0 Å². The molecule has 20 heavy (non-hydrogen) atoms. The van der Waals surface area contributed by atoms with Crippen molar-refractivity contribution in [2.75, 3.05) is 13.1 Å². The van der Waals surface area contributed by atoms with Gasteiger partial charge in [0.1, 0.15) is 4.90 Å². The minimum atomic E-state index is -3.56. The summed E-state index contributed by atoms with van der Waals surface area (Å²) in [6.07, 6.45) is 0.662. The molecule has 112 valence electrons. The smallest absolute Gasteiger partial charge is 0.244 e. The molecule has 4 nitrogen and oxygen atoms in total. The fourth-order valence-electron chi connectivity index (χ4n) is 2.48. The first-order valence-corrected chi connectivity index (χ1v) is 8.48. The summed E-state index contributed by atoms with van der Waals surface area (Å²) < 4.78 is 27.0. The van der Waals surface area contributed by atoms with Crippen LogP contribution < -0.4 is 5.73 Å². The Morgan fingerprint density at radius 2 is 2.05 bits per heavy atom. The lowest BCUT2D eigenvalue weighted by molar-refractivity contribution is 0.155. The Balaban J connectivity index is 2.38. The molecule has 1 fully saturated rings. The lowest BCUT2D eigenvalue weighted by Gasteiger charge is -2.41. The van der Waals surface area contributed by atoms with Crippen molar-refractivity contribution in [1.29, 1.82) is 0 Å². The quantitative estimate of drug-likeness (QED) is 0.911. The molecule has 0 aliphatic carbocycles. The molecule has 2 N–H and O–H groups in total. The predicted molar refractivity (Wildman–Crippen MR) is 81.3 cm³/mol. The number of benzene rings is 1. The van der Waals surface area contributed by atoms with E-state index >= 15 is 0 Å². The molecule has 1 aromatic carbocycles. The molecular weight excluding hydrogens is 296 g/mol. The molecule has 2 rings (SSSR count). The second-order valence-corrected chi connectivity index (χ2v) is 8.47. The predicted octanol–water partition coefficient (Wildman–Crippen LogP) is 2.40. The van der Waals surface area contributed by atoms with Crippen LogP contribution in [0.25, 0.3) is 0 Å². The van der Waals surface area contributed by atoms with Crippen LogP contribution >= 0.6 is 11.6 Å². The molecule has 0 bridgehead atoms. The minimum Gasteiger partial charge on any atom is -0.327 e. The van der Waals surface area contributed by atoms with Gasteiger partial charge >= 0.3 is 0 Å². The van der Waals surface area contributed by atoms with Gasteiger partial charge in [-0.2, -0.15) is 4.31 Å². The Bertz CT molecular complexity index is 614. The molecule has 0 saturated carbocycles.